The summed E-state index contributed by atoms with van der Waals surface area (Å²) in [6.07, 6.45) is 4.37. The second kappa shape index (κ2) is 5.52. The molecule has 2 heterocycles. The van der Waals surface area contributed by atoms with Crippen LogP contribution in [0.3, 0.4) is 0 Å². The fraction of sp³-hybridized carbons (Fsp3) is 0.300. The maximum Gasteiger partial charge on any atom is 0.496 e. The van der Waals surface area contributed by atoms with Crippen LogP contribution in [0.15, 0.2) is 52.3 Å². The highest BCUT2D eigenvalue weighted by Crippen LogP contribution is 2.40. The summed E-state index contributed by atoms with van der Waals surface area (Å²) in [7, 11) is -0.337. The van der Waals surface area contributed by atoms with Gasteiger partial charge < -0.3 is 9.31 Å². The molecule has 0 amide bonds. The van der Waals surface area contributed by atoms with Gasteiger partial charge in [-0.15, -0.1) is 0 Å². The van der Waals surface area contributed by atoms with Crippen LogP contribution in [-0.2, 0) is 9.31 Å². The molecular weight excluding hydrogens is 315 g/mol. The van der Waals surface area contributed by atoms with E-state index in [0.717, 1.165) is 5.46 Å². The van der Waals surface area contributed by atoms with Crippen molar-refractivity contribution in [1.82, 2.24) is 0 Å². The van der Waals surface area contributed by atoms with Crippen LogP contribution in [0.2, 0.25) is 0 Å². The molecule has 2 nitrogen and oxygen atoms in total. The maximum absolute atomic E-state index is 6.29. The van der Waals surface area contributed by atoms with E-state index in [-0.39, 0.29) is 18.3 Å². The third-order valence-electron chi connectivity index (χ3n) is 5.16. The fourth-order valence-electron chi connectivity index (χ4n) is 2.98. The van der Waals surface area contributed by atoms with E-state index in [1.54, 1.807) is 11.8 Å². The standard InChI is InChI=1S/C20H21BO2S/c1-19(2)20(3,4)23-21(22-19)16-10-7-9-15-13-12-14-8-5-6-11-17(14)24-18(15)16/h5-13H,1-4H3. The smallest absolute Gasteiger partial charge is 0.399 e. The molecule has 4 heteroatoms. The van der Waals surface area contributed by atoms with Gasteiger partial charge in [-0.3, -0.25) is 0 Å². The molecule has 1 saturated heterocycles. The average Bonchev–Trinajstić information content (AvgIpc) is 2.68. The highest BCUT2D eigenvalue weighted by molar-refractivity contribution is 7.99. The number of hydrogen-bond acceptors (Lipinski definition) is 3. The highest BCUT2D eigenvalue weighted by Gasteiger charge is 2.52. The minimum absolute atomic E-state index is 0.330. The lowest BCUT2D eigenvalue weighted by Crippen LogP contribution is -2.41. The van der Waals surface area contributed by atoms with E-state index in [4.69, 9.17) is 9.31 Å². The van der Waals surface area contributed by atoms with E-state index >= 15 is 0 Å². The van der Waals surface area contributed by atoms with Crippen molar-refractivity contribution in [3.63, 3.8) is 0 Å². The lowest BCUT2D eigenvalue weighted by molar-refractivity contribution is 0.00578. The van der Waals surface area contributed by atoms with Gasteiger partial charge in [0.1, 0.15) is 0 Å². The molecule has 0 saturated carbocycles. The number of fused-ring (bicyclic) bond motifs is 2. The van der Waals surface area contributed by atoms with Crippen LogP contribution in [0.25, 0.3) is 12.2 Å². The summed E-state index contributed by atoms with van der Waals surface area (Å²) in [4.78, 5) is 2.48. The summed E-state index contributed by atoms with van der Waals surface area (Å²) in [5, 5.41) is 0. The van der Waals surface area contributed by atoms with Crippen molar-refractivity contribution in [1.29, 1.82) is 0 Å². The SMILES string of the molecule is CC1(C)OB(c2cccc3c2Sc2ccccc2C=C3)OC1(C)C. The molecule has 0 bridgehead atoms. The summed E-state index contributed by atoms with van der Waals surface area (Å²) in [6.45, 7) is 8.38. The quantitative estimate of drug-likeness (QED) is 0.604. The van der Waals surface area contributed by atoms with Crippen molar-refractivity contribution in [2.24, 2.45) is 0 Å². The molecule has 2 aliphatic heterocycles. The van der Waals surface area contributed by atoms with Gasteiger partial charge in [-0.25, -0.2) is 0 Å². The van der Waals surface area contributed by atoms with Gasteiger partial charge in [0.2, 0.25) is 0 Å². The Bertz CT molecular complexity index is 810. The third kappa shape index (κ3) is 2.54. The van der Waals surface area contributed by atoms with Crippen molar-refractivity contribution in [2.75, 3.05) is 0 Å². The Morgan fingerprint density at radius 1 is 0.792 bits per heavy atom. The summed E-state index contributed by atoms with van der Waals surface area (Å²) in [5.74, 6) is 0. The molecule has 0 spiro atoms. The molecule has 0 aliphatic carbocycles. The molecule has 0 radical (unpaired) electrons. The van der Waals surface area contributed by atoms with E-state index in [0.29, 0.717) is 0 Å². The largest absolute Gasteiger partial charge is 0.496 e. The van der Waals surface area contributed by atoms with Gasteiger partial charge in [-0.1, -0.05) is 60.3 Å². The first-order valence-corrected chi connectivity index (χ1v) is 9.13. The zero-order valence-electron chi connectivity index (χ0n) is 14.5. The topological polar surface area (TPSA) is 18.5 Å². The predicted octanol–water partition coefficient (Wildman–Crippen LogP) is 4.62. The molecule has 4 rings (SSSR count). The van der Waals surface area contributed by atoms with Crippen LogP contribution in [0.5, 0.6) is 0 Å². The van der Waals surface area contributed by atoms with E-state index in [9.17, 15) is 0 Å². The summed E-state index contributed by atoms with van der Waals surface area (Å²) >= 11 is 1.79. The highest BCUT2D eigenvalue weighted by atomic mass is 32.2. The molecule has 0 atom stereocenters. The molecule has 122 valence electrons. The minimum atomic E-state index is -0.337. The first kappa shape index (κ1) is 16.0. The zero-order valence-corrected chi connectivity index (χ0v) is 15.3. The number of rotatable bonds is 1. The van der Waals surface area contributed by atoms with Crippen molar-refractivity contribution < 1.29 is 9.31 Å². The van der Waals surface area contributed by atoms with Gasteiger partial charge in [0.25, 0.3) is 0 Å². The van der Waals surface area contributed by atoms with E-state index < -0.39 is 0 Å². The Labute approximate surface area is 148 Å². The lowest BCUT2D eigenvalue weighted by atomic mass is 9.78. The summed E-state index contributed by atoms with van der Waals surface area (Å²) in [6, 6.07) is 14.8. The van der Waals surface area contributed by atoms with Gasteiger partial charge in [-0.05, 0) is 50.4 Å². The molecule has 2 aliphatic rings. The van der Waals surface area contributed by atoms with Crippen molar-refractivity contribution in [3.05, 3.63) is 53.6 Å². The fourth-order valence-corrected chi connectivity index (χ4v) is 4.14. The normalized spacial score (nSPS) is 20.4. The van der Waals surface area contributed by atoms with Crippen molar-refractivity contribution >= 4 is 36.5 Å². The summed E-state index contributed by atoms with van der Waals surface area (Å²) < 4.78 is 12.6. The van der Waals surface area contributed by atoms with Crippen molar-refractivity contribution in [2.45, 2.75) is 48.7 Å². The monoisotopic (exact) mass is 336 g/mol. The van der Waals surface area contributed by atoms with E-state index in [2.05, 4.69) is 82.3 Å². The van der Waals surface area contributed by atoms with Gasteiger partial charge in [-0.2, -0.15) is 0 Å². The van der Waals surface area contributed by atoms with Crippen LogP contribution < -0.4 is 5.46 Å². The first-order chi connectivity index (χ1) is 11.4. The van der Waals surface area contributed by atoms with Gasteiger partial charge in [0.05, 0.1) is 11.2 Å². The second-order valence-corrected chi connectivity index (χ2v) is 8.38. The lowest BCUT2D eigenvalue weighted by Gasteiger charge is -2.32. The van der Waals surface area contributed by atoms with Gasteiger partial charge >= 0.3 is 7.12 Å². The van der Waals surface area contributed by atoms with E-state index in [1.165, 1.54) is 20.9 Å². The van der Waals surface area contributed by atoms with Gasteiger partial charge in [0.15, 0.2) is 0 Å². The maximum atomic E-state index is 6.29. The second-order valence-electron chi connectivity index (χ2n) is 7.33. The van der Waals surface area contributed by atoms with Crippen LogP contribution in [0, 0.1) is 0 Å². The Morgan fingerprint density at radius 3 is 2.17 bits per heavy atom. The minimum Gasteiger partial charge on any atom is -0.399 e. The molecule has 1 fully saturated rings. The molecule has 2 aromatic rings. The molecular formula is C20H21BO2S. The zero-order chi connectivity index (χ0) is 16.9. The van der Waals surface area contributed by atoms with Crippen molar-refractivity contribution in [3.8, 4) is 0 Å². The molecule has 24 heavy (non-hydrogen) atoms. The predicted molar refractivity (Wildman–Crippen MR) is 102 cm³/mol. The number of benzene rings is 2. The Balaban J connectivity index is 1.79. The van der Waals surface area contributed by atoms with Crippen LogP contribution in [0.4, 0.5) is 0 Å². The van der Waals surface area contributed by atoms with Crippen LogP contribution in [0.1, 0.15) is 38.8 Å². The average molecular weight is 336 g/mol. The Hall–Kier alpha value is -1.49. The third-order valence-corrected chi connectivity index (χ3v) is 6.42. The molecule has 0 aromatic heterocycles. The van der Waals surface area contributed by atoms with Crippen LogP contribution >= 0.6 is 11.8 Å². The van der Waals surface area contributed by atoms with Gasteiger partial charge in [0, 0.05) is 9.79 Å². The Kier molecular flexibility index (Phi) is 3.68. The molecule has 0 unspecified atom stereocenters. The number of hydrogen-bond donors (Lipinski definition) is 0. The summed E-state index contributed by atoms with van der Waals surface area (Å²) in [5.41, 5.74) is 2.91. The molecule has 2 aromatic carbocycles. The Morgan fingerprint density at radius 2 is 1.42 bits per heavy atom. The molecule has 0 N–H and O–H groups in total. The van der Waals surface area contributed by atoms with Crippen LogP contribution in [-0.4, -0.2) is 18.3 Å². The van der Waals surface area contributed by atoms with E-state index in [1.807, 2.05) is 0 Å². The first-order valence-electron chi connectivity index (χ1n) is 8.31.